The van der Waals surface area contributed by atoms with Gasteiger partial charge in [0.25, 0.3) is 0 Å². The zero-order valence-corrected chi connectivity index (χ0v) is 10.8. The quantitative estimate of drug-likeness (QED) is 0.547. The number of allylic oxidation sites excluding steroid dienone is 1. The second kappa shape index (κ2) is 3.64. The lowest BCUT2D eigenvalue weighted by Crippen LogP contribution is -2.44. The summed E-state index contributed by atoms with van der Waals surface area (Å²) in [6.45, 7) is 13.9. The third-order valence-electron chi connectivity index (χ3n) is 5.10. The first-order valence-corrected chi connectivity index (χ1v) is 6.58. The van der Waals surface area contributed by atoms with Crippen molar-refractivity contribution in [2.75, 3.05) is 0 Å². The number of hydrogen-bond donors (Lipinski definition) is 0. The Bertz CT molecular complexity index is 265. The first-order valence-electron chi connectivity index (χ1n) is 6.58. The van der Waals surface area contributed by atoms with E-state index in [2.05, 4.69) is 34.3 Å². The normalized spacial score (nSPS) is 50.1. The van der Waals surface area contributed by atoms with Crippen molar-refractivity contribution in [2.45, 2.75) is 53.4 Å². The van der Waals surface area contributed by atoms with Gasteiger partial charge in [0.15, 0.2) is 0 Å². The summed E-state index contributed by atoms with van der Waals surface area (Å²) in [6.07, 6.45) is 5.74. The van der Waals surface area contributed by atoms with E-state index in [0.29, 0.717) is 5.41 Å². The van der Waals surface area contributed by atoms with Crippen LogP contribution in [0.2, 0.25) is 0 Å². The molecule has 15 heavy (non-hydrogen) atoms. The third kappa shape index (κ3) is 1.88. The third-order valence-corrected chi connectivity index (χ3v) is 5.10. The number of hydrogen-bond acceptors (Lipinski definition) is 0. The lowest BCUT2D eigenvalue weighted by Gasteiger charge is -2.53. The first-order chi connectivity index (χ1) is 6.92. The Morgan fingerprint density at radius 3 is 2.47 bits per heavy atom. The van der Waals surface area contributed by atoms with Crippen molar-refractivity contribution in [2.24, 2.45) is 29.1 Å². The highest BCUT2D eigenvalue weighted by Gasteiger charge is 2.47. The van der Waals surface area contributed by atoms with E-state index in [9.17, 15) is 0 Å². The summed E-state index contributed by atoms with van der Waals surface area (Å²) in [7, 11) is 0. The van der Waals surface area contributed by atoms with Gasteiger partial charge in [0.1, 0.15) is 0 Å². The predicted molar refractivity (Wildman–Crippen MR) is 66.7 cm³/mol. The molecular formula is C15H26. The molecule has 5 atom stereocenters. The summed E-state index contributed by atoms with van der Waals surface area (Å²) in [5.74, 6) is 3.63. The Labute approximate surface area is 95.1 Å². The molecule has 86 valence electrons. The molecule has 2 aliphatic rings. The van der Waals surface area contributed by atoms with E-state index >= 15 is 0 Å². The molecule has 0 aromatic carbocycles. The molecule has 0 heterocycles. The molecule has 0 radical (unpaired) electrons. The molecule has 2 aliphatic carbocycles. The maximum absolute atomic E-state index is 4.23. The molecule has 2 saturated carbocycles. The summed E-state index contributed by atoms with van der Waals surface area (Å²) < 4.78 is 0. The topological polar surface area (TPSA) is 0 Å². The van der Waals surface area contributed by atoms with Crippen LogP contribution < -0.4 is 0 Å². The fraction of sp³-hybridized carbons (Fsp3) is 0.867. The lowest BCUT2D eigenvalue weighted by atomic mass is 9.52. The van der Waals surface area contributed by atoms with Gasteiger partial charge in [-0.25, -0.2) is 0 Å². The Morgan fingerprint density at radius 2 is 1.87 bits per heavy atom. The van der Waals surface area contributed by atoms with E-state index in [1.165, 1.54) is 31.3 Å². The van der Waals surface area contributed by atoms with Crippen LogP contribution in [-0.2, 0) is 0 Å². The monoisotopic (exact) mass is 206 g/mol. The van der Waals surface area contributed by atoms with Crippen molar-refractivity contribution in [1.82, 2.24) is 0 Å². The van der Waals surface area contributed by atoms with Crippen molar-refractivity contribution >= 4 is 0 Å². The highest BCUT2D eigenvalue weighted by molar-refractivity contribution is 5.09. The van der Waals surface area contributed by atoms with E-state index in [1.54, 1.807) is 0 Å². The maximum Gasteiger partial charge on any atom is -0.0152 e. The molecule has 0 amide bonds. The smallest absolute Gasteiger partial charge is 0.0152 e. The predicted octanol–water partition coefficient (Wildman–Crippen LogP) is 4.66. The largest absolute Gasteiger partial charge is 0.0998 e. The minimum absolute atomic E-state index is 0.570. The molecular weight excluding hydrogens is 180 g/mol. The van der Waals surface area contributed by atoms with Crippen molar-refractivity contribution in [3.05, 3.63) is 12.2 Å². The highest BCUT2D eigenvalue weighted by atomic mass is 14.5. The Hall–Kier alpha value is -0.260. The van der Waals surface area contributed by atoms with Gasteiger partial charge in [0, 0.05) is 0 Å². The van der Waals surface area contributed by atoms with Gasteiger partial charge in [-0.2, -0.15) is 0 Å². The molecule has 0 aromatic rings. The molecule has 0 aliphatic heterocycles. The standard InChI is InChI=1S/C15H26/c1-10(2)14-7-12(4)13-6-11(3)8-15(14,5)9-13/h11-14H,1,6-9H2,2-5H3/t11?,12?,13?,14-,15?/m1/s1. The Kier molecular flexibility index (Phi) is 2.73. The summed E-state index contributed by atoms with van der Waals surface area (Å²) in [4.78, 5) is 0. The SMILES string of the molecule is C=C(C)[C@H]1CC(C)C2CC(C)CC1(C)C2. The second-order valence-corrected chi connectivity index (χ2v) is 6.78. The average molecular weight is 206 g/mol. The molecule has 2 fully saturated rings. The van der Waals surface area contributed by atoms with Gasteiger partial charge in [-0.1, -0.05) is 32.9 Å². The molecule has 4 unspecified atom stereocenters. The molecule has 0 aromatic heterocycles. The van der Waals surface area contributed by atoms with Crippen LogP contribution in [-0.4, -0.2) is 0 Å². The van der Waals surface area contributed by atoms with Gasteiger partial charge in [-0.15, -0.1) is 0 Å². The van der Waals surface area contributed by atoms with E-state index < -0.39 is 0 Å². The van der Waals surface area contributed by atoms with Crippen LogP contribution in [0.1, 0.15) is 53.4 Å². The van der Waals surface area contributed by atoms with Gasteiger partial charge in [0.05, 0.1) is 0 Å². The van der Waals surface area contributed by atoms with Crippen LogP contribution in [0.15, 0.2) is 12.2 Å². The summed E-state index contributed by atoms with van der Waals surface area (Å²) in [6, 6.07) is 0. The van der Waals surface area contributed by atoms with Crippen LogP contribution in [0.3, 0.4) is 0 Å². The Balaban J connectivity index is 2.25. The van der Waals surface area contributed by atoms with Crippen LogP contribution in [0.5, 0.6) is 0 Å². The Morgan fingerprint density at radius 1 is 1.20 bits per heavy atom. The van der Waals surface area contributed by atoms with Crippen LogP contribution >= 0.6 is 0 Å². The lowest BCUT2D eigenvalue weighted by molar-refractivity contribution is -0.0118. The first kappa shape index (κ1) is 11.2. The summed E-state index contributed by atoms with van der Waals surface area (Å²) in [5, 5.41) is 0. The van der Waals surface area contributed by atoms with Gasteiger partial charge in [0.2, 0.25) is 0 Å². The fourth-order valence-electron chi connectivity index (χ4n) is 4.52. The molecule has 0 heteroatoms. The van der Waals surface area contributed by atoms with Gasteiger partial charge in [-0.3, -0.25) is 0 Å². The zero-order valence-electron chi connectivity index (χ0n) is 10.8. The molecule has 0 nitrogen and oxygen atoms in total. The van der Waals surface area contributed by atoms with E-state index in [4.69, 9.17) is 0 Å². The molecule has 0 N–H and O–H groups in total. The van der Waals surface area contributed by atoms with Crippen molar-refractivity contribution in [3.8, 4) is 0 Å². The number of fused-ring (bicyclic) bond motifs is 2. The summed E-state index contributed by atoms with van der Waals surface area (Å²) in [5.41, 5.74) is 2.00. The van der Waals surface area contributed by atoms with Gasteiger partial charge < -0.3 is 0 Å². The van der Waals surface area contributed by atoms with Gasteiger partial charge in [-0.05, 0) is 61.7 Å². The summed E-state index contributed by atoms with van der Waals surface area (Å²) >= 11 is 0. The minimum atomic E-state index is 0.570. The van der Waals surface area contributed by atoms with Crippen molar-refractivity contribution in [1.29, 1.82) is 0 Å². The van der Waals surface area contributed by atoms with E-state index in [1.807, 2.05) is 0 Å². The van der Waals surface area contributed by atoms with Crippen molar-refractivity contribution in [3.63, 3.8) is 0 Å². The van der Waals surface area contributed by atoms with Crippen LogP contribution in [0.4, 0.5) is 0 Å². The van der Waals surface area contributed by atoms with Gasteiger partial charge >= 0.3 is 0 Å². The second-order valence-electron chi connectivity index (χ2n) is 6.78. The molecule has 2 rings (SSSR count). The van der Waals surface area contributed by atoms with E-state index in [0.717, 1.165) is 23.7 Å². The highest BCUT2D eigenvalue weighted by Crippen LogP contribution is 2.57. The minimum Gasteiger partial charge on any atom is -0.0998 e. The maximum atomic E-state index is 4.23. The van der Waals surface area contributed by atoms with E-state index in [-0.39, 0.29) is 0 Å². The molecule has 2 bridgehead atoms. The molecule has 0 spiro atoms. The van der Waals surface area contributed by atoms with Crippen LogP contribution in [0.25, 0.3) is 0 Å². The van der Waals surface area contributed by atoms with Crippen molar-refractivity contribution < 1.29 is 0 Å². The number of rotatable bonds is 1. The fourth-order valence-corrected chi connectivity index (χ4v) is 4.52. The zero-order chi connectivity index (χ0) is 11.2. The molecule has 0 saturated heterocycles. The van der Waals surface area contributed by atoms with Crippen LogP contribution in [0, 0.1) is 29.1 Å². The average Bonchev–Trinajstić information content (AvgIpc) is 2.09.